The summed E-state index contributed by atoms with van der Waals surface area (Å²) < 4.78 is 39.9. The van der Waals surface area contributed by atoms with Crippen LogP contribution in [0.25, 0.3) is 10.8 Å². The predicted molar refractivity (Wildman–Crippen MR) is 131 cm³/mol. The molecule has 34 heavy (non-hydrogen) atoms. The molecule has 11 heteroatoms. The monoisotopic (exact) mass is 506 g/mol. The quantitative estimate of drug-likeness (QED) is 0.527. The molecule has 2 aromatic carbocycles. The van der Waals surface area contributed by atoms with Crippen LogP contribution in [0.5, 0.6) is 11.5 Å². The molecular formula is C23H27ClN4O5S. The number of piperazine rings is 1. The van der Waals surface area contributed by atoms with Crippen LogP contribution in [0.3, 0.4) is 0 Å². The van der Waals surface area contributed by atoms with Gasteiger partial charge in [0.25, 0.3) is 5.56 Å². The molecule has 0 bridgehead atoms. The number of hydrogen-bond acceptors (Lipinski definition) is 7. The Morgan fingerprint density at radius 2 is 1.79 bits per heavy atom. The maximum Gasteiger partial charge on any atom is 0.255 e. The number of halogens is 1. The molecule has 5 rings (SSSR count). The third-order valence-corrected chi connectivity index (χ3v) is 7.77. The van der Waals surface area contributed by atoms with Crippen LogP contribution in [0.4, 0.5) is 0 Å². The van der Waals surface area contributed by atoms with E-state index in [1.54, 1.807) is 18.2 Å². The SMILES string of the molecule is CC(NS(=O)(=O)c1cccc2c(=O)[nH]ccc12)N1CCN(Cc2ccc3c(c2)OCO3)CC1.Cl. The Morgan fingerprint density at radius 1 is 1.03 bits per heavy atom. The first-order valence-corrected chi connectivity index (χ1v) is 12.4. The zero-order chi connectivity index (χ0) is 23.0. The molecule has 0 aliphatic carbocycles. The normalized spacial score (nSPS) is 17.4. The van der Waals surface area contributed by atoms with E-state index in [0.717, 1.165) is 49.8 Å². The average Bonchev–Trinajstić information content (AvgIpc) is 3.27. The predicted octanol–water partition coefficient (Wildman–Crippen LogP) is 2.12. The summed E-state index contributed by atoms with van der Waals surface area (Å²) in [5.74, 6) is 1.56. The van der Waals surface area contributed by atoms with Gasteiger partial charge in [0.05, 0.1) is 11.1 Å². The highest BCUT2D eigenvalue weighted by atomic mass is 35.5. The summed E-state index contributed by atoms with van der Waals surface area (Å²) in [6.45, 7) is 6.04. The maximum atomic E-state index is 13.1. The molecule has 1 atom stereocenters. The average molecular weight is 507 g/mol. The van der Waals surface area contributed by atoms with Gasteiger partial charge >= 0.3 is 0 Å². The second kappa shape index (κ2) is 9.93. The van der Waals surface area contributed by atoms with Crippen molar-refractivity contribution in [2.75, 3.05) is 33.0 Å². The van der Waals surface area contributed by atoms with Crippen LogP contribution in [-0.4, -0.2) is 62.3 Å². The van der Waals surface area contributed by atoms with E-state index in [9.17, 15) is 13.2 Å². The Bertz CT molecular complexity index is 1340. The third kappa shape index (κ3) is 4.91. The number of nitrogens with zero attached hydrogens (tertiary/aromatic N) is 2. The fourth-order valence-electron chi connectivity index (χ4n) is 4.40. The highest BCUT2D eigenvalue weighted by molar-refractivity contribution is 7.89. The van der Waals surface area contributed by atoms with Gasteiger partial charge in [-0.15, -0.1) is 12.4 Å². The van der Waals surface area contributed by atoms with Crippen LogP contribution >= 0.6 is 12.4 Å². The maximum absolute atomic E-state index is 13.1. The van der Waals surface area contributed by atoms with Gasteiger partial charge in [-0.3, -0.25) is 14.6 Å². The molecule has 0 radical (unpaired) electrons. The van der Waals surface area contributed by atoms with Crippen molar-refractivity contribution in [3.63, 3.8) is 0 Å². The molecule has 182 valence electrons. The van der Waals surface area contributed by atoms with Crippen LogP contribution in [0.15, 0.2) is 58.4 Å². The zero-order valence-electron chi connectivity index (χ0n) is 18.7. The van der Waals surface area contributed by atoms with E-state index in [4.69, 9.17) is 9.47 Å². The van der Waals surface area contributed by atoms with Crippen LogP contribution < -0.4 is 19.8 Å². The summed E-state index contributed by atoms with van der Waals surface area (Å²) in [6, 6.07) is 12.4. The number of nitrogens with one attached hydrogen (secondary N) is 2. The van der Waals surface area contributed by atoms with Crippen molar-refractivity contribution in [2.45, 2.75) is 24.5 Å². The molecule has 1 aromatic heterocycles. The Morgan fingerprint density at radius 3 is 2.59 bits per heavy atom. The van der Waals surface area contributed by atoms with Crippen molar-refractivity contribution in [3.8, 4) is 11.5 Å². The number of ether oxygens (including phenoxy) is 2. The molecule has 2 N–H and O–H groups in total. The lowest BCUT2D eigenvalue weighted by Gasteiger charge is -2.38. The number of aromatic nitrogens is 1. The van der Waals surface area contributed by atoms with E-state index in [2.05, 4.69) is 19.5 Å². The van der Waals surface area contributed by atoms with E-state index >= 15 is 0 Å². The molecule has 0 saturated carbocycles. The van der Waals surface area contributed by atoms with Crippen LogP contribution in [0, 0.1) is 0 Å². The summed E-state index contributed by atoms with van der Waals surface area (Å²) in [7, 11) is -3.80. The van der Waals surface area contributed by atoms with E-state index < -0.39 is 10.0 Å². The molecule has 2 aliphatic rings. The number of pyridine rings is 1. The summed E-state index contributed by atoms with van der Waals surface area (Å²) in [5, 5.41) is 0.764. The number of hydrogen-bond donors (Lipinski definition) is 2. The summed E-state index contributed by atoms with van der Waals surface area (Å²) in [6.07, 6.45) is 1.09. The Kier molecular flexibility index (Phi) is 7.15. The fourth-order valence-corrected chi connectivity index (χ4v) is 5.85. The highest BCUT2D eigenvalue weighted by Gasteiger charge is 2.26. The smallest absolute Gasteiger partial charge is 0.255 e. The lowest BCUT2D eigenvalue weighted by Crippen LogP contribution is -2.54. The number of fused-ring (bicyclic) bond motifs is 2. The van der Waals surface area contributed by atoms with Crippen LogP contribution in [-0.2, 0) is 16.6 Å². The largest absolute Gasteiger partial charge is 0.454 e. The van der Waals surface area contributed by atoms with E-state index in [1.165, 1.54) is 12.3 Å². The van der Waals surface area contributed by atoms with Gasteiger partial charge in [0.2, 0.25) is 16.8 Å². The molecule has 9 nitrogen and oxygen atoms in total. The molecular weight excluding hydrogens is 480 g/mol. The van der Waals surface area contributed by atoms with Gasteiger partial charge in [-0.25, -0.2) is 8.42 Å². The summed E-state index contributed by atoms with van der Waals surface area (Å²) in [4.78, 5) is 19.2. The number of H-pyrrole nitrogens is 1. The Labute approximate surface area is 204 Å². The molecule has 2 aliphatic heterocycles. The van der Waals surface area contributed by atoms with E-state index in [0.29, 0.717) is 10.8 Å². The Balaban J connectivity index is 0.00000274. The van der Waals surface area contributed by atoms with Crippen molar-refractivity contribution < 1.29 is 17.9 Å². The van der Waals surface area contributed by atoms with Crippen LogP contribution in [0.2, 0.25) is 0 Å². The van der Waals surface area contributed by atoms with Crippen molar-refractivity contribution in [3.05, 3.63) is 64.6 Å². The Hall–Kier alpha value is -2.63. The van der Waals surface area contributed by atoms with Gasteiger partial charge in [-0.2, -0.15) is 4.72 Å². The van der Waals surface area contributed by atoms with Crippen LogP contribution in [0.1, 0.15) is 12.5 Å². The topological polar surface area (TPSA) is 104 Å². The van der Waals surface area contributed by atoms with E-state index in [-0.39, 0.29) is 35.8 Å². The number of aromatic amines is 1. The van der Waals surface area contributed by atoms with Crippen molar-refractivity contribution in [2.24, 2.45) is 0 Å². The van der Waals surface area contributed by atoms with Crippen molar-refractivity contribution in [1.82, 2.24) is 19.5 Å². The lowest BCUT2D eigenvalue weighted by molar-refractivity contribution is 0.0938. The molecule has 3 aromatic rings. The number of rotatable bonds is 6. The van der Waals surface area contributed by atoms with Gasteiger partial charge in [0.15, 0.2) is 11.5 Å². The van der Waals surface area contributed by atoms with Gasteiger partial charge < -0.3 is 14.5 Å². The fraction of sp³-hybridized carbons (Fsp3) is 0.348. The third-order valence-electron chi connectivity index (χ3n) is 6.19. The molecule has 0 spiro atoms. The second-order valence-electron chi connectivity index (χ2n) is 8.32. The summed E-state index contributed by atoms with van der Waals surface area (Å²) in [5.41, 5.74) is 0.851. The van der Waals surface area contributed by atoms with Crippen molar-refractivity contribution in [1.29, 1.82) is 0 Å². The first-order chi connectivity index (χ1) is 15.9. The first-order valence-electron chi connectivity index (χ1n) is 10.9. The molecule has 0 amide bonds. The number of benzene rings is 2. The number of sulfonamides is 1. The second-order valence-corrected chi connectivity index (χ2v) is 10.0. The molecule has 1 unspecified atom stereocenters. The minimum Gasteiger partial charge on any atom is -0.454 e. The van der Waals surface area contributed by atoms with Crippen molar-refractivity contribution >= 4 is 33.2 Å². The standard InChI is InChI=1S/C23H26N4O5S.ClH/c1-16(25-33(29,30)22-4-2-3-19-18(22)7-8-24-23(19)28)27-11-9-26(10-12-27)14-17-5-6-20-21(13-17)32-15-31-20;/h2-8,13,16,25H,9-12,14-15H2,1H3,(H,24,28);1H. The van der Waals surface area contributed by atoms with Gasteiger partial charge in [0.1, 0.15) is 0 Å². The highest BCUT2D eigenvalue weighted by Crippen LogP contribution is 2.33. The minimum atomic E-state index is -3.80. The van der Waals surface area contributed by atoms with Gasteiger partial charge in [-0.1, -0.05) is 12.1 Å². The van der Waals surface area contributed by atoms with Gasteiger partial charge in [-0.05, 0) is 42.8 Å². The zero-order valence-corrected chi connectivity index (χ0v) is 20.3. The van der Waals surface area contributed by atoms with Gasteiger partial charge in [0, 0.05) is 49.7 Å². The first kappa shape index (κ1) is 24.5. The minimum absolute atomic E-state index is 0. The molecule has 1 fully saturated rings. The molecule has 3 heterocycles. The molecule has 1 saturated heterocycles. The lowest BCUT2D eigenvalue weighted by atomic mass is 10.1. The van der Waals surface area contributed by atoms with E-state index in [1.807, 2.05) is 25.1 Å². The summed E-state index contributed by atoms with van der Waals surface area (Å²) >= 11 is 0.